The van der Waals surface area contributed by atoms with E-state index in [1.54, 1.807) is 25.7 Å². The number of anilines is 2. The van der Waals surface area contributed by atoms with Crippen molar-refractivity contribution < 1.29 is 28.6 Å². The number of amides is 2. The zero-order valence-corrected chi connectivity index (χ0v) is 34.0. The number of likely N-dealkylation sites (N-methyl/N-ethyl adjacent to an activating group) is 1. The lowest BCUT2D eigenvalue weighted by Crippen LogP contribution is -2.56. The maximum atomic E-state index is 13.7. The molecule has 57 heavy (non-hydrogen) atoms. The molecule has 2 fully saturated rings. The molecule has 3 aliphatic heterocycles. The minimum absolute atomic E-state index is 0.103. The van der Waals surface area contributed by atoms with Crippen molar-refractivity contribution in [2.45, 2.75) is 90.4 Å². The molecule has 4 heterocycles. The SMILES string of the molecule is C=C(COC(=O)NCCCC(=O)OC(C)(C)C)C(=O)N1CCN(c2nc(OC[C@@H]3CCCN3C)nc3c2CCN(c2cccc4cccc(C)c24)C3)C[C@@H]1CC#N. The first kappa shape index (κ1) is 41.2. The summed E-state index contributed by atoms with van der Waals surface area (Å²) in [5.41, 5.74) is 3.89. The molecule has 2 atom stereocenters. The van der Waals surface area contributed by atoms with Crippen LogP contribution in [0.3, 0.4) is 0 Å². The largest absolute Gasteiger partial charge is 0.462 e. The molecule has 14 nitrogen and oxygen atoms in total. The number of nitriles is 1. The van der Waals surface area contributed by atoms with E-state index in [4.69, 9.17) is 24.2 Å². The number of aryl methyl sites for hydroxylation is 1. The summed E-state index contributed by atoms with van der Waals surface area (Å²) in [5.74, 6) is 0.0649. The van der Waals surface area contributed by atoms with E-state index in [1.165, 1.54) is 22.0 Å². The van der Waals surface area contributed by atoms with E-state index in [0.29, 0.717) is 51.3 Å². The molecule has 1 N–H and O–H groups in total. The Kier molecular flexibility index (Phi) is 13.2. The van der Waals surface area contributed by atoms with E-state index < -0.39 is 17.7 Å². The van der Waals surface area contributed by atoms with Gasteiger partial charge in [0.2, 0.25) is 0 Å². The molecule has 304 valence electrons. The lowest BCUT2D eigenvalue weighted by Gasteiger charge is -2.42. The highest BCUT2D eigenvalue weighted by Crippen LogP contribution is 2.36. The number of likely N-dealkylation sites (tertiary alicyclic amines) is 1. The second-order valence-corrected chi connectivity index (χ2v) is 16.2. The smallest absolute Gasteiger partial charge is 0.407 e. The summed E-state index contributed by atoms with van der Waals surface area (Å²) in [6, 6.07) is 15.3. The lowest BCUT2D eigenvalue weighted by molar-refractivity contribution is -0.154. The van der Waals surface area contributed by atoms with Crippen molar-refractivity contribution in [2.75, 3.05) is 69.3 Å². The van der Waals surface area contributed by atoms with Gasteiger partial charge in [-0.15, -0.1) is 0 Å². The Morgan fingerprint density at radius 1 is 1.04 bits per heavy atom. The normalized spacial score (nSPS) is 18.5. The van der Waals surface area contributed by atoms with Gasteiger partial charge in [-0.05, 0) is 84.0 Å². The standard InChI is InChI=1S/C43H56N8O6/c1-29-11-7-12-31-13-8-15-36(38(29)31)49-22-18-34-35(26-49)46-41(55-28-33-14-10-21-48(33)6)47-39(34)50-23-24-51(32(25-50)17-19-44)40(53)30(2)27-56-42(54)45-20-9-16-37(52)57-43(3,4)5/h7-8,11-13,15,32-33H,2,9-10,14,16-18,20-28H2,1,3-6H3,(H,45,54)/t32-,33-/m0/s1. The van der Waals surface area contributed by atoms with Gasteiger partial charge in [-0.1, -0.05) is 36.9 Å². The van der Waals surface area contributed by atoms with Crippen LogP contribution in [0.5, 0.6) is 6.01 Å². The summed E-state index contributed by atoms with van der Waals surface area (Å²) < 4.78 is 16.9. The molecule has 0 unspecified atom stereocenters. The van der Waals surface area contributed by atoms with Crippen molar-refractivity contribution in [1.29, 1.82) is 5.26 Å². The molecular formula is C43H56N8O6. The van der Waals surface area contributed by atoms with Crippen LogP contribution in [-0.2, 0) is 32.0 Å². The molecule has 0 spiro atoms. The number of ether oxygens (including phenoxy) is 3. The molecular weight excluding hydrogens is 725 g/mol. The quantitative estimate of drug-likeness (QED) is 0.136. The van der Waals surface area contributed by atoms with Crippen LogP contribution in [0.4, 0.5) is 16.3 Å². The fourth-order valence-corrected chi connectivity index (χ4v) is 7.93. The number of nitrogens with zero attached hydrogens (tertiary/aromatic N) is 7. The third-order valence-corrected chi connectivity index (χ3v) is 10.8. The highest BCUT2D eigenvalue weighted by atomic mass is 16.6. The van der Waals surface area contributed by atoms with Gasteiger partial charge in [-0.25, -0.2) is 4.79 Å². The average Bonchev–Trinajstić information content (AvgIpc) is 3.60. The number of fused-ring (bicyclic) bond motifs is 2. The first-order chi connectivity index (χ1) is 27.3. The second-order valence-electron chi connectivity index (χ2n) is 16.2. The predicted molar refractivity (Wildman–Crippen MR) is 218 cm³/mol. The van der Waals surface area contributed by atoms with Gasteiger partial charge in [-0.3, -0.25) is 9.59 Å². The maximum Gasteiger partial charge on any atom is 0.407 e. The Morgan fingerprint density at radius 3 is 2.56 bits per heavy atom. The number of aromatic nitrogens is 2. The number of benzene rings is 2. The third-order valence-electron chi connectivity index (χ3n) is 10.8. The molecule has 0 aliphatic carbocycles. The van der Waals surface area contributed by atoms with Crippen molar-refractivity contribution in [3.63, 3.8) is 0 Å². The first-order valence-electron chi connectivity index (χ1n) is 20.0. The topological polar surface area (TPSA) is 153 Å². The van der Waals surface area contributed by atoms with Crippen LogP contribution in [0.25, 0.3) is 10.8 Å². The molecule has 1 aromatic heterocycles. The number of carbonyl (C=O) groups excluding carboxylic acids is 3. The number of rotatable bonds is 13. The molecule has 3 aromatic rings. The summed E-state index contributed by atoms with van der Waals surface area (Å²) in [6.07, 6.45) is 2.84. The predicted octanol–water partition coefficient (Wildman–Crippen LogP) is 5.31. The maximum absolute atomic E-state index is 13.7. The van der Waals surface area contributed by atoms with Gasteiger partial charge < -0.3 is 39.1 Å². The van der Waals surface area contributed by atoms with Gasteiger partial charge in [0, 0.05) is 67.4 Å². The molecule has 3 aliphatic rings. The number of piperazine rings is 1. The highest BCUT2D eigenvalue weighted by molar-refractivity contribution is 5.97. The number of nitrogens with one attached hydrogen (secondary N) is 1. The summed E-state index contributed by atoms with van der Waals surface area (Å²) in [5, 5.41) is 14.9. The lowest BCUT2D eigenvalue weighted by atomic mass is 9.99. The molecule has 0 saturated carbocycles. The third kappa shape index (κ3) is 10.3. The van der Waals surface area contributed by atoms with Crippen LogP contribution in [0.1, 0.15) is 69.7 Å². The number of alkyl carbamates (subject to hydrolysis) is 1. The molecule has 2 amide bonds. The zero-order valence-electron chi connectivity index (χ0n) is 34.0. The zero-order chi connectivity index (χ0) is 40.7. The summed E-state index contributed by atoms with van der Waals surface area (Å²) in [7, 11) is 2.12. The Bertz CT molecular complexity index is 2000. The van der Waals surface area contributed by atoms with Crippen LogP contribution < -0.4 is 19.9 Å². The monoisotopic (exact) mass is 780 g/mol. The number of hydrogen-bond donors (Lipinski definition) is 1. The van der Waals surface area contributed by atoms with Crippen molar-refractivity contribution in [3.8, 4) is 12.1 Å². The number of carbonyl (C=O) groups is 3. The summed E-state index contributed by atoms with van der Waals surface area (Å²) in [6.45, 7) is 15.4. The average molecular weight is 781 g/mol. The number of esters is 1. The molecule has 2 saturated heterocycles. The van der Waals surface area contributed by atoms with Crippen LogP contribution in [0, 0.1) is 18.3 Å². The van der Waals surface area contributed by atoms with Gasteiger partial charge in [0.25, 0.3) is 5.91 Å². The molecule has 2 aromatic carbocycles. The van der Waals surface area contributed by atoms with Gasteiger partial charge in [0.1, 0.15) is 24.6 Å². The summed E-state index contributed by atoms with van der Waals surface area (Å²) in [4.78, 5) is 56.5. The fraction of sp³-hybridized carbons (Fsp3) is 0.535. The van der Waals surface area contributed by atoms with Crippen molar-refractivity contribution in [1.82, 2.24) is 25.1 Å². The Balaban J connectivity index is 1.13. The van der Waals surface area contributed by atoms with Gasteiger partial charge >= 0.3 is 18.1 Å². The minimum atomic E-state index is -0.716. The van der Waals surface area contributed by atoms with E-state index in [1.807, 2.05) is 0 Å². The fourth-order valence-electron chi connectivity index (χ4n) is 7.93. The van der Waals surface area contributed by atoms with Crippen LogP contribution >= 0.6 is 0 Å². The molecule has 0 radical (unpaired) electrons. The molecule has 14 heteroatoms. The van der Waals surface area contributed by atoms with E-state index in [2.05, 4.69) is 83.0 Å². The van der Waals surface area contributed by atoms with Crippen LogP contribution in [0.15, 0.2) is 48.6 Å². The van der Waals surface area contributed by atoms with Gasteiger partial charge in [0.15, 0.2) is 0 Å². The van der Waals surface area contributed by atoms with Crippen molar-refractivity contribution in [2.24, 2.45) is 0 Å². The summed E-state index contributed by atoms with van der Waals surface area (Å²) >= 11 is 0. The van der Waals surface area contributed by atoms with E-state index in [9.17, 15) is 19.6 Å². The molecule has 0 bridgehead atoms. The Labute approximate surface area is 335 Å². The first-order valence-corrected chi connectivity index (χ1v) is 20.0. The van der Waals surface area contributed by atoms with E-state index in [-0.39, 0.29) is 43.4 Å². The molecule has 6 rings (SSSR count). The van der Waals surface area contributed by atoms with Crippen molar-refractivity contribution in [3.05, 3.63) is 65.4 Å². The van der Waals surface area contributed by atoms with E-state index in [0.717, 1.165) is 49.4 Å². The minimum Gasteiger partial charge on any atom is -0.462 e. The highest BCUT2D eigenvalue weighted by Gasteiger charge is 2.35. The van der Waals surface area contributed by atoms with Gasteiger partial charge in [-0.2, -0.15) is 15.2 Å². The van der Waals surface area contributed by atoms with Gasteiger partial charge in [0.05, 0.1) is 30.8 Å². The van der Waals surface area contributed by atoms with Crippen LogP contribution in [0.2, 0.25) is 0 Å². The second kappa shape index (κ2) is 18.2. The number of hydrogen-bond acceptors (Lipinski definition) is 12. The Hall–Kier alpha value is -5.42. The van der Waals surface area contributed by atoms with E-state index >= 15 is 0 Å². The Morgan fingerprint density at radius 2 is 1.82 bits per heavy atom. The van der Waals surface area contributed by atoms with Crippen LogP contribution in [-0.4, -0.2) is 115 Å². The van der Waals surface area contributed by atoms with Crippen molar-refractivity contribution >= 4 is 40.2 Å².